The summed E-state index contributed by atoms with van der Waals surface area (Å²) in [6.07, 6.45) is -39.8. The van der Waals surface area contributed by atoms with Crippen molar-refractivity contribution in [2.24, 2.45) is 5.73 Å². The second-order valence-corrected chi connectivity index (χ2v) is 30.7. The number of nitrogens with one attached hydrogen (secondary N) is 13. The zero-order valence-electron chi connectivity index (χ0n) is 70.6. The summed E-state index contributed by atoms with van der Waals surface area (Å²) in [5.74, 6) is -24.7. The Hall–Kier alpha value is -10.6. The number of carboxylic acids is 5. The molecule has 30 atom stereocenters. The largest absolute Gasteiger partial charge is 0.550 e. The third-order valence-corrected chi connectivity index (χ3v) is 20.5. The molecule has 0 saturated carbocycles. The molecule has 716 valence electrons. The molecule has 6 aliphatic heterocycles. The number of aliphatic hydroxyl groups is 7. The number of carbonyl (C=O) groups is 18. The molecule has 13 amide bonds. The van der Waals surface area contributed by atoms with Gasteiger partial charge in [0.05, 0.1) is 62.1 Å². The number of hydrogen-bond donors (Lipinski definition) is 21. The van der Waals surface area contributed by atoms with E-state index in [9.17, 15) is 148 Å². The molecule has 6 heterocycles. The van der Waals surface area contributed by atoms with Crippen LogP contribution in [-0.2, 0) is 129 Å². The zero-order valence-corrected chi connectivity index (χ0v) is 70.6. The number of nitrogens with two attached hydrogens (primary N) is 1. The van der Waals surface area contributed by atoms with Crippen LogP contribution in [0.2, 0.25) is 0 Å². The Kier molecular flexibility index (Phi) is 42.3. The molecule has 5 saturated heterocycles. The lowest BCUT2D eigenvalue weighted by atomic mass is 9.93. The Morgan fingerprint density at radius 2 is 0.929 bits per heavy atom. The average Bonchev–Trinajstić information content (AvgIpc) is 0.759. The SMILES string of the molecule is CC(=O)NC1=COC(CO)C2OC3OC(CO)C(OC4OC(CO)C(OC5OC(CO)C(O)C(O)C5NC(C)=O)C(OC(C)C(=O)NC(C)C(=O)NC(CCC(=O)[O-])C(=O)NC(CCCC(N)C(=O)[O-])C(=O)NC(C)C(=O)NC(C(=O)[O-])CCCC(C(=O)NC(C)C(=O)[O-])NC(=O)C(CCC(=O)[O-])NC(=O)C(C)NC(=O)C(C)OC12)C4NC(C)=O)C(O)C3NC(C)=O. The predicted octanol–water partition coefficient (Wildman–Crippen LogP) is -18.8. The number of aliphatic hydroxyl groups excluding tert-OH is 7. The highest BCUT2D eigenvalue weighted by Crippen LogP contribution is 2.37. The van der Waals surface area contributed by atoms with Gasteiger partial charge >= 0.3 is 0 Å². The van der Waals surface area contributed by atoms with Gasteiger partial charge in [-0.15, -0.1) is 0 Å². The summed E-state index contributed by atoms with van der Waals surface area (Å²) in [5, 5.41) is 168. The van der Waals surface area contributed by atoms with E-state index >= 15 is 0 Å². The van der Waals surface area contributed by atoms with Crippen molar-refractivity contribution in [2.75, 3.05) is 26.4 Å². The maximum absolute atomic E-state index is 14.6. The molecule has 4 bridgehead atoms. The summed E-state index contributed by atoms with van der Waals surface area (Å²) in [6.45, 7) is 5.43. The molecule has 30 unspecified atom stereocenters. The van der Waals surface area contributed by atoms with E-state index in [4.69, 9.17) is 48.4 Å². The quantitative estimate of drug-likeness (QED) is 0.0377. The van der Waals surface area contributed by atoms with Crippen LogP contribution in [0.4, 0.5) is 0 Å². The zero-order chi connectivity index (χ0) is 95.5. The third kappa shape index (κ3) is 31.7. The van der Waals surface area contributed by atoms with Gasteiger partial charge in [0.1, 0.15) is 152 Å². The third-order valence-electron chi connectivity index (χ3n) is 20.5. The van der Waals surface area contributed by atoms with Crippen molar-refractivity contribution in [3.63, 3.8) is 0 Å². The maximum Gasteiger partial charge on any atom is 0.249 e. The molecule has 53 heteroatoms. The van der Waals surface area contributed by atoms with Crippen LogP contribution < -0.4 is 100 Å². The molecule has 0 aromatic rings. The van der Waals surface area contributed by atoms with Crippen LogP contribution in [-0.4, -0.2) is 352 Å². The van der Waals surface area contributed by atoms with Crippen molar-refractivity contribution in [3.05, 3.63) is 12.0 Å². The minimum atomic E-state index is -2.27. The normalized spacial score (nSPS) is 34.0. The van der Waals surface area contributed by atoms with Crippen LogP contribution in [0.5, 0.6) is 0 Å². The van der Waals surface area contributed by atoms with Crippen molar-refractivity contribution in [1.82, 2.24) is 69.1 Å². The van der Waals surface area contributed by atoms with Crippen molar-refractivity contribution >= 4 is 107 Å². The van der Waals surface area contributed by atoms with Crippen LogP contribution >= 0.6 is 0 Å². The van der Waals surface area contributed by atoms with Crippen molar-refractivity contribution < 1.29 is 190 Å². The van der Waals surface area contributed by atoms with Gasteiger partial charge in [-0.2, -0.15) is 0 Å². The minimum absolute atomic E-state index is 0.354. The van der Waals surface area contributed by atoms with Gasteiger partial charge in [-0.1, -0.05) is 0 Å². The fourth-order valence-corrected chi connectivity index (χ4v) is 13.7. The van der Waals surface area contributed by atoms with Crippen molar-refractivity contribution in [2.45, 2.75) is 316 Å². The van der Waals surface area contributed by atoms with Gasteiger partial charge in [-0.25, -0.2) is 0 Å². The average molecular weight is 1820 g/mol. The van der Waals surface area contributed by atoms with Gasteiger partial charge in [0, 0.05) is 45.7 Å². The molecule has 22 N–H and O–H groups in total. The first-order valence-corrected chi connectivity index (χ1v) is 40.2. The Labute approximate surface area is 724 Å². The van der Waals surface area contributed by atoms with E-state index in [1.165, 1.54) is 0 Å². The van der Waals surface area contributed by atoms with Crippen molar-refractivity contribution in [1.29, 1.82) is 0 Å². The van der Waals surface area contributed by atoms with E-state index in [0.717, 1.165) is 75.5 Å². The smallest absolute Gasteiger partial charge is 0.249 e. The molecule has 6 aliphatic rings. The topological polar surface area (TPSA) is 830 Å². The number of carbonyl (C=O) groups excluding carboxylic acids is 18. The molecule has 0 spiro atoms. The summed E-state index contributed by atoms with van der Waals surface area (Å²) in [5.41, 5.74) is 5.27. The summed E-state index contributed by atoms with van der Waals surface area (Å²) < 4.78 is 55.9. The summed E-state index contributed by atoms with van der Waals surface area (Å²) in [4.78, 5) is 240. The number of amides is 13. The highest BCUT2D eigenvalue weighted by Gasteiger charge is 2.57. The second-order valence-electron chi connectivity index (χ2n) is 30.7. The van der Waals surface area contributed by atoms with Gasteiger partial charge in [-0.3, -0.25) is 62.3 Å². The molecule has 0 aromatic heterocycles. The van der Waals surface area contributed by atoms with Crippen LogP contribution in [0, 0.1) is 0 Å². The Balaban J connectivity index is 1.70. The molecule has 0 radical (unpaired) electrons. The molecule has 0 aliphatic carbocycles. The van der Waals surface area contributed by atoms with E-state index in [0.29, 0.717) is 0 Å². The number of aliphatic carboxylic acids is 5. The fourth-order valence-electron chi connectivity index (χ4n) is 13.7. The van der Waals surface area contributed by atoms with E-state index in [2.05, 4.69) is 63.8 Å². The number of carboxylic acid groups (broad SMARTS) is 5. The highest BCUT2D eigenvalue weighted by molar-refractivity contribution is 5.98. The van der Waals surface area contributed by atoms with Gasteiger partial charge in [-0.05, 0) is 106 Å². The monoisotopic (exact) mass is 1820 g/mol. The first-order valence-electron chi connectivity index (χ1n) is 40.2. The number of fused-ring (bicyclic) bond motifs is 32. The number of rotatable bonds is 25. The maximum atomic E-state index is 14.6. The van der Waals surface area contributed by atoms with Gasteiger partial charge in [0.2, 0.25) is 76.8 Å². The summed E-state index contributed by atoms with van der Waals surface area (Å²) >= 11 is 0. The van der Waals surface area contributed by atoms with E-state index in [1.54, 1.807) is 0 Å². The number of ether oxygens (including phenoxy) is 9. The summed E-state index contributed by atoms with van der Waals surface area (Å²) in [6, 6.07) is -24.6. The summed E-state index contributed by atoms with van der Waals surface area (Å²) in [7, 11) is 0. The molecular weight excluding hydrogens is 1710 g/mol. The lowest BCUT2D eigenvalue weighted by molar-refractivity contribution is -0.361. The lowest BCUT2D eigenvalue weighted by Gasteiger charge is -2.51. The van der Waals surface area contributed by atoms with E-state index in [-0.39, 0.29) is 12.1 Å². The Morgan fingerprint density at radius 3 is 1.43 bits per heavy atom. The first-order chi connectivity index (χ1) is 59.6. The molecule has 5 fully saturated rings. The van der Waals surface area contributed by atoms with Crippen LogP contribution in [0.3, 0.4) is 0 Å². The van der Waals surface area contributed by atoms with E-state index < -0.39 is 374 Å². The van der Waals surface area contributed by atoms with Crippen LogP contribution in [0.15, 0.2) is 12.0 Å². The van der Waals surface area contributed by atoms with Crippen molar-refractivity contribution in [3.8, 4) is 0 Å². The van der Waals surface area contributed by atoms with Crippen LogP contribution in [0.25, 0.3) is 0 Å². The molecule has 53 nitrogen and oxygen atoms in total. The van der Waals surface area contributed by atoms with Gasteiger partial charge in [0.15, 0.2) is 18.9 Å². The minimum Gasteiger partial charge on any atom is -0.550 e. The lowest BCUT2D eigenvalue weighted by Crippen LogP contribution is -2.72. The second kappa shape index (κ2) is 50.2. The van der Waals surface area contributed by atoms with Crippen LogP contribution in [0.1, 0.15) is 133 Å². The highest BCUT2D eigenvalue weighted by atomic mass is 16.8. The predicted molar refractivity (Wildman–Crippen MR) is 404 cm³/mol. The Bertz CT molecular complexity index is 3920. The van der Waals surface area contributed by atoms with E-state index in [1.807, 2.05) is 5.32 Å². The molecule has 127 heavy (non-hydrogen) atoms. The first kappa shape index (κ1) is 107. The number of hydrogen-bond acceptors (Lipinski definition) is 40. The molecule has 0 aromatic carbocycles. The van der Waals surface area contributed by atoms with Gasteiger partial charge in [0.25, 0.3) is 0 Å². The molecule has 6 rings (SSSR count). The van der Waals surface area contributed by atoms with Gasteiger partial charge < -0.3 is 203 Å². The standard InChI is InChI=1S/C74H116N14O39/c1-26-60(104)85-40(18-20-48(99)100)68(112)87-38(66(110)79-29(4)69(113)114)15-12-16-41(71(117)118)88-62(106)28(3)78-65(109)37(14-11-13-36(75)70(115)116)86-67(111)39(17-19-47(97)98)84-61(105)27(2)77-64(108)31(6)121-59-51(83-35(10)96)74(124-46(24-92)58(59)127-72-49(81-33(8)94)53(102)52(101)43(21-89)122-72)125-56-45(23-91)123-73(50(54(56)103)82-34(9)95)126-57-44(22-90)119-25-42(80-32(7)93)55(57)120-30(5)63(107)76-26/h25-31,36-41,43-46,49-59,72-74,89-92,101-103H,11-24,75H2,1-10H3,(H,76,107)(H,77,108)(H,78,109)(H,79,110)(H,80,93)(H,81,94)(H,82,95)(H,83,96)(H,84,105)(H,85,104)(H,86,111)(H,87,112)(H,88,106)(H,97,98)(H,99,100)(H,113,114)(H,115,116)(H,117,118)/p-5. The fraction of sp³-hybridized carbons (Fsp3) is 0.730. The molecular formula is C74H111N14O39-5. The Morgan fingerprint density at radius 1 is 0.480 bits per heavy atom.